The highest BCUT2D eigenvalue weighted by molar-refractivity contribution is 7.91. The zero-order valence-electron chi connectivity index (χ0n) is 24.2. The summed E-state index contributed by atoms with van der Waals surface area (Å²) in [6, 6.07) is 20.1. The van der Waals surface area contributed by atoms with E-state index < -0.39 is 9.84 Å². The molecular formula is C35H42N4O2S. The molecule has 0 bridgehead atoms. The fourth-order valence-electron chi connectivity index (χ4n) is 11.7. The van der Waals surface area contributed by atoms with Crippen LogP contribution in [-0.4, -0.2) is 44.7 Å². The second-order valence-corrected chi connectivity index (χ2v) is 16.6. The van der Waals surface area contributed by atoms with Crippen molar-refractivity contribution in [2.75, 3.05) is 4.90 Å². The maximum absolute atomic E-state index is 13.5. The number of nitrogens with one attached hydrogen (secondary N) is 2. The molecule has 4 aliphatic carbocycles. The summed E-state index contributed by atoms with van der Waals surface area (Å²) in [4.78, 5) is 3.47. The highest BCUT2D eigenvalue weighted by Crippen LogP contribution is 2.63. The summed E-state index contributed by atoms with van der Waals surface area (Å²) < 4.78 is 27.1. The molecule has 7 heteroatoms. The van der Waals surface area contributed by atoms with Crippen LogP contribution in [0, 0.1) is 46.8 Å². The van der Waals surface area contributed by atoms with E-state index in [0.29, 0.717) is 58.5 Å². The molecule has 4 saturated carbocycles. The molecule has 12 atom stereocenters. The van der Waals surface area contributed by atoms with Gasteiger partial charge in [-0.25, -0.2) is 8.42 Å². The summed E-state index contributed by atoms with van der Waals surface area (Å²) in [5, 5.41) is 17.4. The zero-order chi connectivity index (χ0) is 28.2. The molecule has 12 unspecified atom stereocenters. The van der Waals surface area contributed by atoms with Crippen LogP contribution in [0.5, 0.6) is 0 Å². The first-order valence-corrected chi connectivity index (χ1v) is 18.2. The van der Waals surface area contributed by atoms with Crippen LogP contribution in [-0.2, 0) is 9.84 Å². The average Bonchev–Trinajstić information content (AvgIpc) is 3.79. The van der Waals surface area contributed by atoms with E-state index in [2.05, 4.69) is 33.7 Å². The lowest BCUT2D eigenvalue weighted by Gasteiger charge is -2.42. The second-order valence-electron chi connectivity index (χ2n) is 14.6. The van der Waals surface area contributed by atoms with E-state index >= 15 is 0 Å². The van der Waals surface area contributed by atoms with Crippen molar-refractivity contribution in [3.05, 3.63) is 54.1 Å². The average molecular weight is 583 g/mol. The monoisotopic (exact) mass is 582 g/mol. The van der Waals surface area contributed by atoms with Crippen molar-refractivity contribution in [1.29, 1.82) is 5.26 Å². The number of fused-ring (bicyclic) bond motifs is 11. The summed E-state index contributed by atoms with van der Waals surface area (Å²) in [6.45, 7) is 0. The Balaban J connectivity index is 1.09. The lowest BCUT2D eigenvalue weighted by molar-refractivity contribution is 0.231. The van der Waals surface area contributed by atoms with Gasteiger partial charge in [-0.3, -0.25) is 0 Å². The summed E-state index contributed by atoms with van der Waals surface area (Å²) in [6.07, 6.45) is 13.5. The summed E-state index contributed by atoms with van der Waals surface area (Å²) in [5.74, 6) is 4.46. The number of sulfone groups is 1. The van der Waals surface area contributed by atoms with Crippen LogP contribution in [0.4, 0.5) is 5.69 Å². The Bertz CT molecular complexity index is 1470. The van der Waals surface area contributed by atoms with Gasteiger partial charge in [-0.15, -0.1) is 0 Å². The first-order chi connectivity index (χ1) is 20.5. The molecule has 0 radical (unpaired) electrons. The molecule has 0 spiro atoms. The number of rotatable bonds is 3. The van der Waals surface area contributed by atoms with Gasteiger partial charge in [0, 0.05) is 41.9 Å². The lowest BCUT2D eigenvalue weighted by Crippen LogP contribution is -2.48. The van der Waals surface area contributed by atoms with Gasteiger partial charge in [-0.1, -0.05) is 25.7 Å². The number of anilines is 1. The predicted octanol–water partition coefficient (Wildman–Crippen LogP) is 5.28. The van der Waals surface area contributed by atoms with Crippen molar-refractivity contribution < 1.29 is 8.42 Å². The summed E-state index contributed by atoms with van der Waals surface area (Å²) in [5.41, 5.74) is 1.70. The highest BCUT2D eigenvalue weighted by atomic mass is 32.2. The molecule has 0 amide bonds. The standard InChI is InChI=1S/C35H42N4O2S/c36-19-20-9-13-22(14-10-20)42(40,41)23-15-11-21(12-16-23)39-34-26(17-30-32(34)24-5-1-3-7-28(24)37-30)27-18-31-33(35(27)39)25-6-2-4-8-29(25)38-31/h9-16,24-35,37-38H,1-8,17-18H2. The Morgan fingerprint density at radius 3 is 1.62 bits per heavy atom. The van der Waals surface area contributed by atoms with Crippen LogP contribution in [0.1, 0.15) is 69.8 Å². The van der Waals surface area contributed by atoms with Gasteiger partial charge in [-0.2, -0.15) is 5.26 Å². The van der Waals surface area contributed by atoms with Gasteiger partial charge < -0.3 is 15.5 Å². The van der Waals surface area contributed by atoms with Crippen LogP contribution >= 0.6 is 0 Å². The van der Waals surface area contributed by atoms with Gasteiger partial charge >= 0.3 is 0 Å². The number of hydrogen-bond donors (Lipinski definition) is 2. The number of hydrogen-bond acceptors (Lipinski definition) is 6. The minimum absolute atomic E-state index is 0.244. The smallest absolute Gasteiger partial charge is 0.206 e. The van der Waals surface area contributed by atoms with Crippen LogP contribution in [0.2, 0.25) is 0 Å². The van der Waals surface area contributed by atoms with Crippen molar-refractivity contribution in [2.24, 2.45) is 35.5 Å². The number of benzene rings is 2. The maximum Gasteiger partial charge on any atom is 0.206 e. The third kappa shape index (κ3) is 3.64. The lowest BCUT2D eigenvalue weighted by atomic mass is 9.75. The first kappa shape index (κ1) is 26.0. The molecular weight excluding hydrogens is 540 g/mol. The Labute approximate surface area is 250 Å². The minimum atomic E-state index is -3.65. The van der Waals surface area contributed by atoms with E-state index in [4.69, 9.17) is 5.26 Å². The molecule has 2 N–H and O–H groups in total. The van der Waals surface area contributed by atoms with Crippen molar-refractivity contribution in [3.8, 4) is 6.07 Å². The first-order valence-electron chi connectivity index (χ1n) is 16.7. The molecule has 2 aromatic rings. The second kappa shape index (κ2) is 9.55. The van der Waals surface area contributed by atoms with E-state index in [1.165, 1.54) is 69.9 Å². The summed E-state index contributed by atoms with van der Waals surface area (Å²) >= 11 is 0. The predicted molar refractivity (Wildman–Crippen MR) is 162 cm³/mol. The minimum Gasteiger partial charge on any atom is -0.364 e. The fraction of sp³-hybridized carbons (Fsp3) is 0.629. The molecule has 220 valence electrons. The maximum atomic E-state index is 13.5. The fourth-order valence-corrected chi connectivity index (χ4v) is 13.0. The van der Waals surface area contributed by atoms with Crippen LogP contribution < -0.4 is 15.5 Å². The Hall–Kier alpha value is -2.40. The molecule has 6 nitrogen and oxygen atoms in total. The van der Waals surface area contributed by atoms with Crippen LogP contribution in [0.25, 0.3) is 0 Å². The van der Waals surface area contributed by atoms with Crippen LogP contribution in [0.15, 0.2) is 58.3 Å². The Morgan fingerprint density at radius 1 is 0.643 bits per heavy atom. The molecule has 7 fully saturated rings. The van der Waals surface area contributed by atoms with Crippen LogP contribution in [0.3, 0.4) is 0 Å². The molecule has 3 heterocycles. The quantitative estimate of drug-likeness (QED) is 0.512. The van der Waals surface area contributed by atoms with E-state index in [9.17, 15) is 8.42 Å². The van der Waals surface area contributed by atoms with Crippen molar-refractivity contribution in [1.82, 2.24) is 10.6 Å². The summed E-state index contributed by atoms with van der Waals surface area (Å²) in [7, 11) is -3.65. The van der Waals surface area contributed by atoms with Gasteiger partial charge in [0.05, 0.1) is 21.4 Å². The van der Waals surface area contributed by atoms with E-state index in [1.807, 2.05) is 12.1 Å². The molecule has 7 aliphatic rings. The SMILES string of the molecule is N#Cc1ccc(S(=O)(=O)c2ccc(N3C4C(CC5NC6CCCCC6C54)C4CC5NC6CCCCC6C5C43)cc2)cc1. The molecule has 3 aliphatic heterocycles. The van der Waals surface area contributed by atoms with Crippen molar-refractivity contribution in [2.45, 2.75) is 110 Å². The molecule has 3 saturated heterocycles. The zero-order valence-corrected chi connectivity index (χ0v) is 25.1. The molecule has 9 rings (SSSR count). The third-order valence-corrected chi connectivity index (χ3v) is 14.8. The van der Waals surface area contributed by atoms with Crippen molar-refractivity contribution in [3.63, 3.8) is 0 Å². The van der Waals surface area contributed by atoms with Gasteiger partial charge in [0.1, 0.15) is 0 Å². The highest BCUT2D eigenvalue weighted by Gasteiger charge is 2.68. The Kier molecular flexibility index (Phi) is 5.92. The van der Waals surface area contributed by atoms with E-state index in [0.717, 1.165) is 23.7 Å². The van der Waals surface area contributed by atoms with Crippen molar-refractivity contribution >= 4 is 15.5 Å². The topological polar surface area (TPSA) is 85.2 Å². The van der Waals surface area contributed by atoms with Gasteiger partial charge in [0.2, 0.25) is 9.84 Å². The van der Waals surface area contributed by atoms with Gasteiger partial charge in [-0.05, 0) is 123 Å². The Morgan fingerprint density at radius 2 is 1.12 bits per heavy atom. The molecule has 42 heavy (non-hydrogen) atoms. The van der Waals surface area contributed by atoms with E-state index in [-0.39, 0.29) is 4.90 Å². The molecule has 2 aromatic carbocycles. The van der Waals surface area contributed by atoms with Gasteiger partial charge in [0.25, 0.3) is 0 Å². The van der Waals surface area contributed by atoms with E-state index in [1.54, 1.807) is 24.3 Å². The normalized spacial score (nSPS) is 43.2. The number of nitriles is 1. The molecule has 0 aromatic heterocycles. The third-order valence-electron chi connectivity index (χ3n) is 13.1. The largest absolute Gasteiger partial charge is 0.364 e. The van der Waals surface area contributed by atoms with Gasteiger partial charge in [0.15, 0.2) is 0 Å². The number of nitrogens with zero attached hydrogens (tertiary/aromatic N) is 2.